The quantitative estimate of drug-likeness (QED) is 0.699. The minimum absolute atomic E-state index is 0.0860. The van der Waals surface area contributed by atoms with E-state index in [4.69, 9.17) is 11.6 Å². The number of nitrogens with zero attached hydrogens (tertiary/aromatic N) is 3. The van der Waals surface area contributed by atoms with Gasteiger partial charge in [0.2, 0.25) is 0 Å². The molecule has 1 aliphatic heterocycles. The first-order chi connectivity index (χ1) is 12.7. The van der Waals surface area contributed by atoms with Crippen LogP contribution in [0.3, 0.4) is 0 Å². The molecule has 4 rings (SSSR count). The highest BCUT2D eigenvalue weighted by Crippen LogP contribution is 2.26. The SMILES string of the molecule is O=C(c1ccc(-n2cccc2)cc1)N1CCN(c2ccccc2Cl)CC1. The number of piperazine rings is 1. The number of anilines is 1. The molecule has 0 N–H and O–H groups in total. The number of para-hydroxylation sites is 1. The van der Waals surface area contributed by atoms with Gasteiger partial charge in [0.15, 0.2) is 0 Å². The van der Waals surface area contributed by atoms with Crippen LogP contribution in [0.15, 0.2) is 73.1 Å². The average Bonchev–Trinajstić information content (AvgIpc) is 3.23. The van der Waals surface area contributed by atoms with Gasteiger partial charge in [-0.05, 0) is 48.5 Å². The lowest BCUT2D eigenvalue weighted by Gasteiger charge is -2.36. The van der Waals surface area contributed by atoms with E-state index in [1.165, 1.54) is 0 Å². The second-order valence-electron chi connectivity index (χ2n) is 6.37. The van der Waals surface area contributed by atoms with Gasteiger partial charge in [-0.25, -0.2) is 0 Å². The summed E-state index contributed by atoms with van der Waals surface area (Å²) >= 11 is 6.29. The summed E-state index contributed by atoms with van der Waals surface area (Å²) in [6, 6.07) is 19.6. The Bertz CT molecular complexity index is 882. The fourth-order valence-corrected chi connectivity index (χ4v) is 3.58. The predicted molar refractivity (Wildman–Crippen MR) is 105 cm³/mol. The standard InChI is InChI=1S/C21H20ClN3O/c22-19-5-1-2-6-20(19)24-13-15-25(16-14-24)21(26)17-7-9-18(10-8-17)23-11-3-4-12-23/h1-12H,13-16H2. The zero-order chi connectivity index (χ0) is 17.9. The van der Waals surface area contributed by atoms with E-state index in [9.17, 15) is 4.79 Å². The minimum atomic E-state index is 0.0860. The van der Waals surface area contributed by atoms with Crippen LogP contribution in [0.4, 0.5) is 5.69 Å². The molecule has 0 spiro atoms. The highest BCUT2D eigenvalue weighted by atomic mass is 35.5. The molecule has 0 aliphatic carbocycles. The Labute approximate surface area is 158 Å². The van der Waals surface area contributed by atoms with E-state index in [0.29, 0.717) is 13.1 Å². The Kier molecular flexibility index (Phi) is 4.67. The number of carbonyl (C=O) groups excluding carboxylic acids is 1. The summed E-state index contributed by atoms with van der Waals surface area (Å²) < 4.78 is 2.02. The van der Waals surface area contributed by atoms with Gasteiger partial charge in [0.1, 0.15) is 0 Å². The first-order valence-electron chi connectivity index (χ1n) is 8.74. The van der Waals surface area contributed by atoms with E-state index in [2.05, 4.69) is 4.90 Å². The summed E-state index contributed by atoms with van der Waals surface area (Å²) in [5.41, 5.74) is 2.82. The number of aromatic nitrogens is 1. The molecule has 1 aromatic heterocycles. The molecule has 0 bridgehead atoms. The molecular weight excluding hydrogens is 346 g/mol. The Hall–Kier alpha value is -2.72. The van der Waals surface area contributed by atoms with Crippen molar-refractivity contribution >= 4 is 23.2 Å². The second kappa shape index (κ2) is 7.26. The third-order valence-electron chi connectivity index (χ3n) is 4.78. The Morgan fingerprint density at radius 3 is 2.12 bits per heavy atom. The molecule has 132 valence electrons. The summed E-state index contributed by atoms with van der Waals surface area (Å²) in [4.78, 5) is 16.9. The molecule has 0 atom stereocenters. The van der Waals surface area contributed by atoms with Crippen molar-refractivity contribution in [3.05, 3.63) is 83.6 Å². The molecule has 5 heteroatoms. The molecule has 2 heterocycles. The van der Waals surface area contributed by atoms with E-state index >= 15 is 0 Å². The molecule has 4 nitrogen and oxygen atoms in total. The first-order valence-corrected chi connectivity index (χ1v) is 9.12. The van der Waals surface area contributed by atoms with Gasteiger partial charge < -0.3 is 14.4 Å². The van der Waals surface area contributed by atoms with Crippen molar-refractivity contribution in [3.8, 4) is 5.69 Å². The zero-order valence-electron chi connectivity index (χ0n) is 14.4. The van der Waals surface area contributed by atoms with Gasteiger partial charge in [-0.2, -0.15) is 0 Å². The van der Waals surface area contributed by atoms with Gasteiger partial charge in [-0.15, -0.1) is 0 Å². The Morgan fingerprint density at radius 2 is 1.46 bits per heavy atom. The van der Waals surface area contributed by atoms with Gasteiger partial charge in [-0.1, -0.05) is 23.7 Å². The fourth-order valence-electron chi connectivity index (χ4n) is 3.32. The van der Waals surface area contributed by atoms with Crippen LogP contribution in [0, 0.1) is 0 Å². The molecule has 0 radical (unpaired) electrons. The Morgan fingerprint density at radius 1 is 0.808 bits per heavy atom. The smallest absolute Gasteiger partial charge is 0.253 e. The third-order valence-corrected chi connectivity index (χ3v) is 5.10. The van der Waals surface area contributed by atoms with Crippen LogP contribution in [-0.2, 0) is 0 Å². The van der Waals surface area contributed by atoms with Crippen molar-refractivity contribution in [2.75, 3.05) is 31.1 Å². The van der Waals surface area contributed by atoms with Crippen LogP contribution < -0.4 is 4.90 Å². The first kappa shape index (κ1) is 16.7. The molecule has 1 amide bonds. The number of carbonyl (C=O) groups is 1. The monoisotopic (exact) mass is 365 g/mol. The van der Waals surface area contributed by atoms with E-state index in [0.717, 1.165) is 35.1 Å². The number of benzene rings is 2. The largest absolute Gasteiger partial charge is 0.367 e. The number of halogens is 1. The molecule has 0 unspecified atom stereocenters. The van der Waals surface area contributed by atoms with E-state index in [-0.39, 0.29) is 5.91 Å². The van der Waals surface area contributed by atoms with Crippen molar-refractivity contribution in [2.45, 2.75) is 0 Å². The van der Waals surface area contributed by atoms with Crippen LogP contribution in [0.2, 0.25) is 5.02 Å². The summed E-state index contributed by atoms with van der Waals surface area (Å²) in [5.74, 6) is 0.0860. The van der Waals surface area contributed by atoms with Gasteiger partial charge >= 0.3 is 0 Å². The van der Waals surface area contributed by atoms with E-state index < -0.39 is 0 Å². The lowest BCUT2D eigenvalue weighted by atomic mass is 10.1. The minimum Gasteiger partial charge on any atom is -0.367 e. The molecule has 26 heavy (non-hydrogen) atoms. The third kappa shape index (κ3) is 3.33. The molecule has 0 saturated carbocycles. The van der Waals surface area contributed by atoms with E-state index in [1.54, 1.807) is 0 Å². The van der Waals surface area contributed by atoms with Crippen molar-refractivity contribution < 1.29 is 4.79 Å². The molecule has 1 fully saturated rings. The normalized spacial score (nSPS) is 14.5. The van der Waals surface area contributed by atoms with Crippen LogP contribution in [0.1, 0.15) is 10.4 Å². The van der Waals surface area contributed by atoms with Crippen molar-refractivity contribution in [2.24, 2.45) is 0 Å². The number of rotatable bonds is 3. The Balaban J connectivity index is 1.41. The maximum Gasteiger partial charge on any atom is 0.253 e. The van der Waals surface area contributed by atoms with Crippen molar-refractivity contribution in [1.82, 2.24) is 9.47 Å². The van der Waals surface area contributed by atoms with Gasteiger partial charge in [0, 0.05) is 49.8 Å². The second-order valence-corrected chi connectivity index (χ2v) is 6.78. The summed E-state index contributed by atoms with van der Waals surface area (Å²) in [7, 11) is 0. The number of hydrogen-bond donors (Lipinski definition) is 0. The average molecular weight is 366 g/mol. The maximum atomic E-state index is 12.8. The van der Waals surface area contributed by atoms with Crippen LogP contribution >= 0.6 is 11.6 Å². The molecular formula is C21H20ClN3O. The lowest BCUT2D eigenvalue weighted by molar-refractivity contribution is 0.0747. The maximum absolute atomic E-state index is 12.8. The zero-order valence-corrected chi connectivity index (χ0v) is 15.1. The lowest BCUT2D eigenvalue weighted by Crippen LogP contribution is -2.48. The fraction of sp³-hybridized carbons (Fsp3) is 0.190. The van der Waals surface area contributed by atoms with E-state index in [1.807, 2.05) is 82.5 Å². The summed E-state index contributed by atoms with van der Waals surface area (Å²) in [6.07, 6.45) is 3.98. The highest BCUT2D eigenvalue weighted by molar-refractivity contribution is 6.33. The van der Waals surface area contributed by atoms with Gasteiger partial charge in [0.25, 0.3) is 5.91 Å². The molecule has 1 aliphatic rings. The van der Waals surface area contributed by atoms with Gasteiger partial charge in [0.05, 0.1) is 10.7 Å². The van der Waals surface area contributed by atoms with Crippen LogP contribution in [0.5, 0.6) is 0 Å². The summed E-state index contributed by atoms with van der Waals surface area (Å²) in [6.45, 7) is 2.97. The topological polar surface area (TPSA) is 28.5 Å². The number of amides is 1. The van der Waals surface area contributed by atoms with Crippen LogP contribution in [-0.4, -0.2) is 41.6 Å². The summed E-state index contributed by atoms with van der Waals surface area (Å²) in [5, 5.41) is 0.757. The number of hydrogen-bond acceptors (Lipinski definition) is 2. The van der Waals surface area contributed by atoms with Crippen LogP contribution in [0.25, 0.3) is 5.69 Å². The molecule has 2 aromatic carbocycles. The predicted octanol–water partition coefficient (Wildman–Crippen LogP) is 4.09. The highest BCUT2D eigenvalue weighted by Gasteiger charge is 2.23. The molecule has 3 aromatic rings. The van der Waals surface area contributed by atoms with Crippen molar-refractivity contribution in [3.63, 3.8) is 0 Å². The van der Waals surface area contributed by atoms with Crippen molar-refractivity contribution in [1.29, 1.82) is 0 Å². The molecule has 1 saturated heterocycles. The van der Waals surface area contributed by atoms with Gasteiger partial charge in [-0.3, -0.25) is 4.79 Å².